The third kappa shape index (κ3) is 41.1. The predicted octanol–water partition coefficient (Wildman–Crippen LogP) is -1.68. The second kappa shape index (κ2) is 32.3. The van der Waals surface area contributed by atoms with Gasteiger partial charge in [-0.2, -0.15) is 0 Å². The van der Waals surface area contributed by atoms with Gasteiger partial charge < -0.3 is 19.8 Å². The molecule has 0 fully saturated rings. The molecule has 0 bridgehead atoms. The largest absolute Gasteiger partial charge is 1.00 e. The first-order valence-corrected chi connectivity index (χ1v) is 10.6. The molecule has 0 aliphatic carbocycles. The van der Waals surface area contributed by atoms with Gasteiger partial charge in [0.1, 0.15) is 0 Å². The average molecular weight is 415 g/mol. The number of aliphatic carboxylic acids is 2. The molecule has 0 aromatic rings. The zero-order valence-electron chi connectivity index (χ0n) is 19.1. The SMILES string of the molecule is CCCCCCCCCCCCCCCCCC.O=C([O-])C=CC(=O)[O-].[Na+].[Na+]. The fraction of sp³-hybridized carbons (Fsp3) is 0.818. The summed E-state index contributed by atoms with van der Waals surface area (Å²) in [5, 5.41) is 18.8. The van der Waals surface area contributed by atoms with Crippen molar-refractivity contribution < 1.29 is 78.9 Å². The molecule has 0 radical (unpaired) electrons. The Morgan fingerprint density at radius 3 is 0.821 bits per heavy atom. The summed E-state index contributed by atoms with van der Waals surface area (Å²) in [6.45, 7) is 4.59. The molecule has 0 N–H and O–H groups in total. The van der Waals surface area contributed by atoms with Gasteiger partial charge >= 0.3 is 59.1 Å². The zero-order valence-corrected chi connectivity index (χ0v) is 23.1. The molecular weight excluding hydrogens is 374 g/mol. The molecule has 0 spiro atoms. The summed E-state index contributed by atoms with van der Waals surface area (Å²) in [6, 6.07) is 0. The molecule has 0 saturated carbocycles. The van der Waals surface area contributed by atoms with Crippen LogP contribution in [0.3, 0.4) is 0 Å². The smallest absolute Gasteiger partial charge is 0.545 e. The summed E-state index contributed by atoms with van der Waals surface area (Å²) in [5.74, 6) is -3.09. The van der Waals surface area contributed by atoms with Gasteiger partial charge in [0.15, 0.2) is 0 Å². The molecule has 0 aromatic heterocycles. The van der Waals surface area contributed by atoms with Crippen molar-refractivity contribution in [2.75, 3.05) is 0 Å². The van der Waals surface area contributed by atoms with E-state index in [1.54, 1.807) is 0 Å². The normalized spacial score (nSPS) is 9.79. The molecule has 0 aromatic carbocycles. The van der Waals surface area contributed by atoms with Crippen LogP contribution in [-0.2, 0) is 9.59 Å². The first kappa shape index (κ1) is 36.1. The van der Waals surface area contributed by atoms with Crippen molar-refractivity contribution >= 4 is 11.9 Å². The minimum Gasteiger partial charge on any atom is -0.545 e. The molecule has 0 rings (SSSR count). The van der Waals surface area contributed by atoms with Crippen molar-refractivity contribution in [1.82, 2.24) is 0 Å². The van der Waals surface area contributed by atoms with Crippen LogP contribution in [0.2, 0.25) is 0 Å². The Balaban J connectivity index is -0.000000246. The van der Waals surface area contributed by atoms with E-state index >= 15 is 0 Å². The van der Waals surface area contributed by atoms with E-state index in [1.807, 2.05) is 0 Å². The van der Waals surface area contributed by atoms with Gasteiger partial charge in [0, 0.05) is 0 Å². The van der Waals surface area contributed by atoms with E-state index in [0.717, 1.165) is 0 Å². The van der Waals surface area contributed by atoms with Gasteiger partial charge in [0.2, 0.25) is 0 Å². The molecule has 4 nitrogen and oxygen atoms in total. The van der Waals surface area contributed by atoms with E-state index in [1.165, 1.54) is 103 Å². The van der Waals surface area contributed by atoms with E-state index in [2.05, 4.69) is 13.8 Å². The molecule has 0 aliphatic rings. The van der Waals surface area contributed by atoms with Crippen LogP contribution in [0, 0.1) is 0 Å². The Labute approximate surface area is 217 Å². The minimum atomic E-state index is -1.55. The second-order valence-corrected chi connectivity index (χ2v) is 6.92. The average Bonchev–Trinajstić information content (AvgIpc) is 2.61. The van der Waals surface area contributed by atoms with Gasteiger partial charge in [-0.25, -0.2) is 0 Å². The summed E-state index contributed by atoms with van der Waals surface area (Å²) in [6.07, 6.45) is 24.2. The van der Waals surface area contributed by atoms with Crippen molar-refractivity contribution in [3.8, 4) is 0 Å². The predicted molar refractivity (Wildman–Crippen MR) is 104 cm³/mol. The van der Waals surface area contributed by atoms with E-state index in [4.69, 9.17) is 0 Å². The minimum absolute atomic E-state index is 0. The van der Waals surface area contributed by atoms with Crippen molar-refractivity contribution in [3.05, 3.63) is 12.2 Å². The first-order chi connectivity index (χ1) is 12.5. The zero-order chi connectivity index (χ0) is 19.9. The molecule has 154 valence electrons. The standard InChI is InChI=1S/C18H38.C4H4O4.2Na/c1-3-5-7-9-11-13-15-17-18-16-14-12-10-8-6-4-2;5-3(6)1-2-4(7)8;;/h3-18H2,1-2H3;1-2H,(H,5,6)(H,7,8);;/q;;2*+1/p-2. The first-order valence-electron chi connectivity index (χ1n) is 10.6. The maximum absolute atomic E-state index is 9.41. The number of carbonyl (C=O) groups excluding carboxylic acids is 2. The Kier molecular flexibility index (Phi) is 41.7. The fourth-order valence-corrected chi connectivity index (χ4v) is 2.76. The molecule has 28 heavy (non-hydrogen) atoms. The van der Waals surface area contributed by atoms with E-state index in [0.29, 0.717) is 12.2 Å². The molecule has 0 amide bonds. The van der Waals surface area contributed by atoms with Crippen LogP contribution in [0.15, 0.2) is 12.2 Å². The Morgan fingerprint density at radius 1 is 0.500 bits per heavy atom. The van der Waals surface area contributed by atoms with Crippen LogP contribution in [0.5, 0.6) is 0 Å². The number of hydrogen-bond acceptors (Lipinski definition) is 4. The number of rotatable bonds is 17. The number of carbonyl (C=O) groups is 2. The maximum atomic E-state index is 9.41. The van der Waals surface area contributed by atoms with E-state index in [9.17, 15) is 19.8 Å². The van der Waals surface area contributed by atoms with Gasteiger partial charge in [-0.05, 0) is 12.2 Å². The molecule has 0 saturated heterocycles. The molecule has 0 atom stereocenters. The van der Waals surface area contributed by atoms with Gasteiger partial charge in [-0.1, -0.05) is 117 Å². The number of carboxylic acids is 2. The molecule has 0 unspecified atom stereocenters. The van der Waals surface area contributed by atoms with Crippen molar-refractivity contribution in [2.24, 2.45) is 0 Å². The summed E-state index contributed by atoms with van der Waals surface area (Å²) < 4.78 is 0. The van der Waals surface area contributed by atoms with Crippen molar-refractivity contribution in [1.29, 1.82) is 0 Å². The molecule has 6 heteroatoms. The van der Waals surface area contributed by atoms with Gasteiger partial charge in [-0.3, -0.25) is 0 Å². The number of carboxylic acid groups (broad SMARTS) is 2. The fourth-order valence-electron chi connectivity index (χ4n) is 2.76. The summed E-state index contributed by atoms with van der Waals surface area (Å²) in [5.41, 5.74) is 0. The number of unbranched alkanes of at least 4 members (excludes halogenated alkanes) is 15. The van der Waals surface area contributed by atoms with Crippen molar-refractivity contribution in [2.45, 2.75) is 117 Å². The van der Waals surface area contributed by atoms with Crippen LogP contribution >= 0.6 is 0 Å². The molecule has 0 aliphatic heterocycles. The summed E-state index contributed by atoms with van der Waals surface area (Å²) >= 11 is 0. The number of hydrogen-bond donors (Lipinski definition) is 0. The van der Waals surface area contributed by atoms with E-state index in [-0.39, 0.29) is 59.1 Å². The van der Waals surface area contributed by atoms with Crippen molar-refractivity contribution in [3.63, 3.8) is 0 Å². The molecule has 0 heterocycles. The van der Waals surface area contributed by atoms with Crippen LogP contribution in [0.1, 0.15) is 117 Å². The maximum Gasteiger partial charge on any atom is 1.00 e. The van der Waals surface area contributed by atoms with Crippen LogP contribution in [0.25, 0.3) is 0 Å². The summed E-state index contributed by atoms with van der Waals surface area (Å²) in [7, 11) is 0. The van der Waals surface area contributed by atoms with Gasteiger partial charge in [0.05, 0.1) is 11.9 Å². The Hall–Kier alpha value is 0.680. The Bertz CT molecular complexity index is 315. The third-order valence-electron chi connectivity index (χ3n) is 4.31. The summed E-state index contributed by atoms with van der Waals surface area (Å²) in [4.78, 5) is 18.8. The van der Waals surface area contributed by atoms with E-state index < -0.39 is 11.9 Å². The monoisotopic (exact) mass is 414 g/mol. The topological polar surface area (TPSA) is 80.3 Å². The Morgan fingerprint density at radius 2 is 0.679 bits per heavy atom. The molecular formula is C22H40Na2O4. The van der Waals surface area contributed by atoms with Crippen LogP contribution < -0.4 is 69.3 Å². The van der Waals surface area contributed by atoms with Gasteiger partial charge in [-0.15, -0.1) is 0 Å². The van der Waals surface area contributed by atoms with Gasteiger partial charge in [0.25, 0.3) is 0 Å². The second-order valence-electron chi connectivity index (χ2n) is 6.92. The van der Waals surface area contributed by atoms with Crippen LogP contribution in [0.4, 0.5) is 0 Å². The quantitative estimate of drug-likeness (QED) is 0.162. The third-order valence-corrected chi connectivity index (χ3v) is 4.31. The van der Waals surface area contributed by atoms with Crippen LogP contribution in [-0.4, -0.2) is 11.9 Å².